The van der Waals surface area contributed by atoms with Crippen LogP contribution in [0.25, 0.3) is 0 Å². The molecule has 0 unspecified atom stereocenters. The Labute approximate surface area is 242 Å². The van der Waals surface area contributed by atoms with Gasteiger partial charge in [-0.25, -0.2) is 0 Å². The molecule has 0 aliphatic carbocycles. The fourth-order valence-electron chi connectivity index (χ4n) is 6.81. The van der Waals surface area contributed by atoms with E-state index in [-0.39, 0.29) is 29.9 Å². The van der Waals surface area contributed by atoms with Crippen LogP contribution in [0.4, 0.5) is 0 Å². The number of nitrogens with one attached hydrogen (secondary N) is 3. The lowest BCUT2D eigenvalue weighted by Crippen LogP contribution is -2.63. The van der Waals surface area contributed by atoms with E-state index in [9.17, 15) is 9.59 Å². The fourth-order valence-corrected chi connectivity index (χ4v) is 6.81. The van der Waals surface area contributed by atoms with Crippen LogP contribution in [0.1, 0.15) is 105 Å². The average Bonchev–Trinajstić information content (AvgIpc) is 2.93. The van der Waals surface area contributed by atoms with Crippen molar-refractivity contribution in [3.63, 3.8) is 0 Å². The Morgan fingerprint density at radius 2 is 1.90 bits per heavy atom. The minimum Gasteiger partial charge on any atom is -0.493 e. The number of hydrogen-bond acceptors (Lipinski definition) is 5. The number of fused-ring (bicyclic) bond motifs is 7. The van der Waals surface area contributed by atoms with Crippen molar-refractivity contribution in [2.75, 3.05) is 6.61 Å². The second-order valence-corrected chi connectivity index (χ2v) is 12.5. The molecule has 0 saturated carbocycles. The number of benzene rings is 2. The van der Waals surface area contributed by atoms with Gasteiger partial charge in [-0.05, 0) is 81.8 Å². The number of carbonyl (C=O) groups is 2. The zero-order valence-corrected chi connectivity index (χ0v) is 24.2. The van der Waals surface area contributed by atoms with Crippen LogP contribution < -0.4 is 20.1 Å². The van der Waals surface area contributed by atoms with E-state index in [4.69, 9.17) is 14.9 Å². The van der Waals surface area contributed by atoms with E-state index >= 15 is 0 Å². The van der Waals surface area contributed by atoms with Gasteiger partial charge in [0.15, 0.2) is 5.96 Å². The lowest BCUT2D eigenvalue weighted by atomic mass is 9.83. The molecule has 5 aliphatic rings. The Hall–Kier alpha value is -3.81. The molecule has 5 aliphatic heterocycles. The molecule has 216 valence electrons. The highest BCUT2D eigenvalue weighted by molar-refractivity contribution is 6.00. The van der Waals surface area contributed by atoms with Gasteiger partial charge < -0.3 is 20.1 Å². The normalized spacial score (nSPS) is 28.1. The summed E-state index contributed by atoms with van der Waals surface area (Å²) in [4.78, 5) is 29.0. The Bertz CT molecular complexity index is 1400. The number of rotatable bonds is 1. The largest absolute Gasteiger partial charge is 0.493 e. The third-order valence-electron chi connectivity index (χ3n) is 9.03. The van der Waals surface area contributed by atoms with Crippen LogP contribution in [-0.4, -0.2) is 40.4 Å². The minimum absolute atomic E-state index is 0.0521. The highest BCUT2D eigenvalue weighted by Crippen LogP contribution is 2.42. The maximum Gasteiger partial charge on any atom is 0.251 e. The van der Waals surface area contributed by atoms with E-state index in [1.165, 1.54) is 5.56 Å². The molecule has 0 radical (unpaired) electrons. The molecular weight excluding hydrogens is 516 g/mol. The van der Waals surface area contributed by atoms with Crippen molar-refractivity contribution >= 4 is 17.8 Å². The van der Waals surface area contributed by atoms with E-state index in [0.29, 0.717) is 37.2 Å². The van der Waals surface area contributed by atoms with Gasteiger partial charge in [-0.1, -0.05) is 25.1 Å². The van der Waals surface area contributed by atoms with Gasteiger partial charge in [0.2, 0.25) is 5.91 Å². The van der Waals surface area contributed by atoms with Crippen LogP contribution >= 0.6 is 0 Å². The van der Waals surface area contributed by atoms with Gasteiger partial charge in [0.05, 0.1) is 25.1 Å². The first-order valence-electron chi connectivity index (χ1n) is 14.9. The van der Waals surface area contributed by atoms with Crippen molar-refractivity contribution in [2.24, 2.45) is 0 Å². The van der Waals surface area contributed by atoms with Crippen LogP contribution in [0.2, 0.25) is 0 Å². The molecule has 1 fully saturated rings. The molecule has 5 heterocycles. The van der Waals surface area contributed by atoms with Crippen LogP contribution in [0.15, 0.2) is 48.6 Å². The zero-order valence-electron chi connectivity index (χ0n) is 24.2. The number of hydrogen-bond donors (Lipinski definition) is 3. The zero-order chi connectivity index (χ0) is 28.8. The minimum atomic E-state index is -0.426. The molecule has 8 nitrogen and oxygen atoms in total. The van der Waals surface area contributed by atoms with Crippen LogP contribution in [-0.2, 0) is 11.2 Å². The van der Waals surface area contributed by atoms with E-state index in [0.717, 1.165) is 49.0 Å². The SMILES string of the molecule is CC[C@]12CCC/C=C\Cc3ccc4c(c3)[C@H](CC(C)(C)O4)NC(=O)c3ccc4c(c3)[C@@H](CCO4)N(C(=N)N1)C(=O)C2. The average molecular weight is 557 g/mol. The topological polar surface area (TPSA) is 104 Å². The molecule has 2 aromatic carbocycles. The van der Waals surface area contributed by atoms with Crippen molar-refractivity contribution < 1.29 is 19.1 Å². The molecule has 2 amide bonds. The number of carbonyl (C=O) groups excluding carboxylic acids is 2. The van der Waals surface area contributed by atoms with Gasteiger partial charge in [0.25, 0.3) is 5.91 Å². The summed E-state index contributed by atoms with van der Waals surface area (Å²) in [6.45, 7) is 6.62. The standard InChI is InChI=1S/C33H40N4O4/c1-4-33-15-8-6-5-7-9-21-10-12-28-23(17-21)25(19-32(2,3)41-28)35-30(39)22-11-13-27-24(18-22)26(14-16-40-27)37(29(38)20-33)31(34)36-33/h5,7,10-13,17-18,25-26H,4,6,8-9,14-16,19-20H2,1-3H3,(H2,34,36)(H,35,39)/b7-5-/t25-,26+,33+/m0/s1. The molecule has 41 heavy (non-hydrogen) atoms. The number of ether oxygens (including phenoxy) is 2. The maximum atomic E-state index is 13.7. The Morgan fingerprint density at radius 1 is 1.07 bits per heavy atom. The lowest BCUT2D eigenvalue weighted by Gasteiger charge is -2.46. The maximum absolute atomic E-state index is 13.7. The predicted molar refractivity (Wildman–Crippen MR) is 157 cm³/mol. The summed E-state index contributed by atoms with van der Waals surface area (Å²) in [5.41, 5.74) is 2.59. The van der Waals surface area contributed by atoms with Crippen molar-refractivity contribution in [1.29, 1.82) is 5.41 Å². The summed E-state index contributed by atoms with van der Waals surface area (Å²) in [6.07, 6.45) is 10.2. The molecular formula is C33H40N4O4. The summed E-state index contributed by atoms with van der Waals surface area (Å²) in [7, 11) is 0. The first kappa shape index (κ1) is 27.4. The Morgan fingerprint density at radius 3 is 2.71 bits per heavy atom. The highest BCUT2D eigenvalue weighted by atomic mass is 16.5. The molecule has 3 atom stereocenters. The first-order chi connectivity index (χ1) is 19.7. The van der Waals surface area contributed by atoms with Gasteiger partial charge in [0.1, 0.15) is 17.1 Å². The third-order valence-corrected chi connectivity index (χ3v) is 9.03. The molecule has 2 aromatic rings. The van der Waals surface area contributed by atoms with Crippen molar-refractivity contribution in [3.8, 4) is 11.5 Å². The Balaban J connectivity index is 1.39. The fraction of sp³-hybridized carbons (Fsp3) is 0.485. The van der Waals surface area contributed by atoms with Gasteiger partial charge in [-0.3, -0.25) is 19.9 Å². The number of allylic oxidation sites excluding steroid dienone is 2. The van der Waals surface area contributed by atoms with Gasteiger partial charge in [0, 0.05) is 35.1 Å². The Kier molecular flexibility index (Phi) is 7.04. The van der Waals surface area contributed by atoms with Crippen LogP contribution in [0.5, 0.6) is 11.5 Å². The number of amides is 2. The number of guanidine groups is 1. The summed E-state index contributed by atoms with van der Waals surface area (Å²) in [6, 6.07) is 11.1. The molecule has 3 N–H and O–H groups in total. The van der Waals surface area contributed by atoms with Crippen molar-refractivity contribution in [2.45, 2.75) is 95.4 Å². The van der Waals surface area contributed by atoms with Gasteiger partial charge in [-0.2, -0.15) is 0 Å². The number of nitrogens with zero attached hydrogens (tertiary/aromatic N) is 1. The molecule has 0 spiro atoms. The lowest BCUT2D eigenvalue weighted by molar-refractivity contribution is -0.133. The molecule has 6 bridgehead atoms. The second-order valence-electron chi connectivity index (χ2n) is 12.5. The highest BCUT2D eigenvalue weighted by Gasteiger charge is 2.44. The molecule has 0 aromatic heterocycles. The molecule has 8 heteroatoms. The van der Waals surface area contributed by atoms with E-state index in [1.807, 2.05) is 32.0 Å². The summed E-state index contributed by atoms with van der Waals surface area (Å²) in [5.74, 6) is 1.36. The monoisotopic (exact) mass is 556 g/mol. The summed E-state index contributed by atoms with van der Waals surface area (Å²) in [5, 5.41) is 15.6. The van der Waals surface area contributed by atoms with Gasteiger partial charge in [-0.15, -0.1) is 0 Å². The predicted octanol–water partition coefficient (Wildman–Crippen LogP) is 5.73. The molecule has 1 saturated heterocycles. The first-order valence-corrected chi connectivity index (χ1v) is 14.9. The van der Waals surface area contributed by atoms with Crippen molar-refractivity contribution in [3.05, 3.63) is 70.8 Å². The van der Waals surface area contributed by atoms with Crippen molar-refractivity contribution in [1.82, 2.24) is 15.5 Å². The van der Waals surface area contributed by atoms with E-state index < -0.39 is 11.1 Å². The van der Waals surface area contributed by atoms with E-state index in [1.54, 1.807) is 11.0 Å². The summed E-state index contributed by atoms with van der Waals surface area (Å²) < 4.78 is 12.2. The second kappa shape index (κ2) is 10.5. The van der Waals surface area contributed by atoms with Gasteiger partial charge >= 0.3 is 0 Å². The van der Waals surface area contributed by atoms with Crippen LogP contribution in [0.3, 0.4) is 0 Å². The smallest absolute Gasteiger partial charge is 0.251 e. The quantitative estimate of drug-likeness (QED) is 0.389. The van der Waals surface area contributed by atoms with E-state index in [2.05, 4.69) is 41.8 Å². The third kappa shape index (κ3) is 5.32. The summed E-state index contributed by atoms with van der Waals surface area (Å²) >= 11 is 0. The molecule has 7 rings (SSSR count). The van der Waals surface area contributed by atoms with Crippen LogP contribution in [0, 0.1) is 5.41 Å².